The van der Waals surface area contributed by atoms with Gasteiger partial charge in [-0.1, -0.05) is 129 Å². The zero-order valence-electron chi connectivity index (χ0n) is 31.8. The Kier molecular flexibility index (Phi) is 7.48. The maximum Gasteiger partial charge on any atom is 0.145 e. The molecule has 2 heterocycles. The highest BCUT2D eigenvalue weighted by Gasteiger charge is 2.35. The number of imidazole rings is 2. The molecule has 0 amide bonds. The van der Waals surface area contributed by atoms with E-state index in [4.69, 9.17) is 9.97 Å². The first-order valence-electron chi connectivity index (χ1n) is 19.6. The summed E-state index contributed by atoms with van der Waals surface area (Å²) in [5.74, 6) is 1.76. The molecular weight excluding hydrogens is 693 g/mol. The van der Waals surface area contributed by atoms with E-state index >= 15 is 0 Å². The van der Waals surface area contributed by atoms with Gasteiger partial charge < -0.3 is 0 Å². The molecule has 4 nitrogen and oxygen atoms in total. The van der Waals surface area contributed by atoms with Gasteiger partial charge in [0.05, 0.1) is 22.1 Å². The van der Waals surface area contributed by atoms with Crippen molar-refractivity contribution in [1.82, 2.24) is 19.1 Å². The Hall–Kier alpha value is -7.30. The first-order valence-corrected chi connectivity index (χ1v) is 19.6. The summed E-state index contributed by atoms with van der Waals surface area (Å²) in [6.07, 6.45) is 0. The van der Waals surface area contributed by atoms with Crippen LogP contribution in [0.4, 0.5) is 0 Å². The number of para-hydroxylation sites is 6. The molecule has 0 fully saturated rings. The predicted molar refractivity (Wildman–Crippen MR) is 235 cm³/mol. The van der Waals surface area contributed by atoms with Gasteiger partial charge in [0, 0.05) is 27.9 Å². The summed E-state index contributed by atoms with van der Waals surface area (Å²) in [4.78, 5) is 10.6. The first kappa shape index (κ1) is 33.1. The smallest absolute Gasteiger partial charge is 0.145 e. The predicted octanol–water partition coefficient (Wildman–Crippen LogP) is 13.3. The summed E-state index contributed by atoms with van der Waals surface area (Å²) in [7, 11) is 0. The van der Waals surface area contributed by atoms with Crippen LogP contribution in [0, 0.1) is 0 Å². The van der Waals surface area contributed by atoms with Gasteiger partial charge in [-0.15, -0.1) is 0 Å². The summed E-state index contributed by atoms with van der Waals surface area (Å²) in [5, 5.41) is 0. The van der Waals surface area contributed by atoms with Gasteiger partial charge in [-0.2, -0.15) is 0 Å². The molecule has 8 aromatic carbocycles. The minimum atomic E-state index is -0.0722. The van der Waals surface area contributed by atoms with E-state index < -0.39 is 0 Å². The van der Waals surface area contributed by atoms with Crippen molar-refractivity contribution < 1.29 is 0 Å². The lowest BCUT2D eigenvalue weighted by atomic mass is 9.81. The Bertz CT molecular complexity index is 3010. The summed E-state index contributed by atoms with van der Waals surface area (Å²) >= 11 is 0. The molecule has 0 N–H and O–H groups in total. The highest BCUT2D eigenvalue weighted by molar-refractivity contribution is 5.90. The van der Waals surface area contributed by atoms with Crippen molar-refractivity contribution in [3.8, 4) is 67.5 Å². The number of aromatic nitrogens is 4. The third-order valence-electron chi connectivity index (χ3n) is 11.7. The van der Waals surface area contributed by atoms with Gasteiger partial charge in [-0.05, 0) is 123 Å². The summed E-state index contributed by atoms with van der Waals surface area (Å²) in [6, 6.07) is 69.5. The van der Waals surface area contributed by atoms with Crippen molar-refractivity contribution in [2.75, 3.05) is 0 Å². The van der Waals surface area contributed by atoms with E-state index in [0.29, 0.717) is 0 Å². The second-order valence-corrected chi connectivity index (χ2v) is 15.5. The fraction of sp³-hybridized carbons (Fsp3) is 0.0566. The van der Waals surface area contributed by atoms with Crippen LogP contribution in [0.25, 0.3) is 89.6 Å². The Labute approximate surface area is 332 Å². The van der Waals surface area contributed by atoms with Crippen LogP contribution in [-0.2, 0) is 5.41 Å². The zero-order valence-corrected chi connectivity index (χ0v) is 31.8. The second kappa shape index (κ2) is 12.9. The maximum atomic E-state index is 5.32. The average molecular weight is 731 g/mol. The van der Waals surface area contributed by atoms with Crippen LogP contribution in [0.1, 0.15) is 25.0 Å². The highest BCUT2D eigenvalue weighted by atomic mass is 15.1. The molecule has 0 bridgehead atoms. The minimum Gasteiger partial charge on any atom is -0.292 e. The van der Waals surface area contributed by atoms with Crippen molar-refractivity contribution in [2.24, 2.45) is 0 Å². The van der Waals surface area contributed by atoms with E-state index in [1.54, 1.807) is 0 Å². The highest BCUT2D eigenvalue weighted by Crippen LogP contribution is 2.49. The Morgan fingerprint density at radius 3 is 1.42 bits per heavy atom. The van der Waals surface area contributed by atoms with Crippen LogP contribution < -0.4 is 0 Å². The molecule has 270 valence electrons. The molecule has 0 atom stereocenters. The van der Waals surface area contributed by atoms with Gasteiger partial charge in [0.2, 0.25) is 0 Å². The average Bonchev–Trinajstić information content (AvgIpc) is 3.93. The number of hydrogen-bond donors (Lipinski definition) is 0. The third-order valence-corrected chi connectivity index (χ3v) is 11.7. The van der Waals surface area contributed by atoms with Crippen LogP contribution in [-0.4, -0.2) is 19.1 Å². The number of fused-ring (bicyclic) bond motifs is 5. The molecule has 0 radical (unpaired) electrons. The van der Waals surface area contributed by atoms with E-state index in [2.05, 4.69) is 217 Å². The third kappa shape index (κ3) is 5.37. The molecule has 0 aliphatic heterocycles. The number of benzene rings is 8. The van der Waals surface area contributed by atoms with Crippen LogP contribution in [0.2, 0.25) is 0 Å². The molecule has 0 unspecified atom stereocenters. The van der Waals surface area contributed by atoms with Gasteiger partial charge in [-0.3, -0.25) is 9.13 Å². The lowest BCUT2D eigenvalue weighted by molar-refractivity contribution is 0.660. The van der Waals surface area contributed by atoms with Crippen molar-refractivity contribution >= 4 is 22.1 Å². The Balaban J connectivity index is 1.13. The van der Waals surface area contributed by atoms with E-state index in [9.17, 15) is 0 Å². The van der Waals surface area contributed by atoms with Crippen LogP contribution in [0.3, 0.4) is 0 Å². The lowest BCUT2D eigenvalue weighted by Crippen LogP contribution is -2.14. The van der Waals surface area contributed by atoms with Gasteiger partial charge in [-0.25, -0.2) is 9.97 Å². The molecule has 11 rings (SSSR count). The monoisotopic (exact) mass is 730 g/mol. The summed E-state index contributed by atoms with van der Waals surface area (Å²) in [6.45, 7) is 4.69. The molecule has 0 saturated heterocycles. The van der Waals surface area contributed by atoms with Crippen LogP contribution >= 0.6 is 0 Å². The second-order valence-electron chi connectivity index (χ2n) is 15.5. The molecule has 0 spiro atoms. The summed E-state index contributed by atoms with van der Waals surface area (Å²) in [5.41, 5.74) is 18.1. The molecule has 10 aromatic rings. The van der Waals surface area contributed by atoms with Crippen molar-refractivity contribution in [1.29, 1.82) is 0 Å². The van der Waals surface area contributed by atoms with E-state index in [1.807, 2.05) is 0 Å². The topological polar surface area (TPSA) is 35.6 Å². The SMILES string of the molecule is CC1(C)c2ccccc2-c2ccc(-c3cccc(-c4cc(-c5nc6ccccc6n5-c5ccccc5)cc(-c5nc6ccccc6n5-c5ccccc5)c4)c3)cc21. The fourth-order valence-corrected chi connectivity index (χ4v) is 8.93. The molecule has 2 aromatic heterocycles. The largest absolute Gasteiger partial charge is 0.292 e. The fourth-order valence-electron chi connectivity index (χ4n) is 8.93. The zero-order chi connectivity index (χ0) is 38.1. The lowest BCUT2D eigenvalue weighted by Gasteiger charge is -2.22. The Morgan fingerprint density at radius 1 is 0.351 bits per heavy atom. The first-order chi connectivity index (χ1) is 28.0. The quantitative estimate of drug-likeness (QED) is 0.171. The van der Waals surface area contributed by atoms with Crippen molar-refractivity contribution in [3.05, 3.63) is 205 Å². The molecule has 1 aliphatic rings. The summed E-state index contributed by atoms with van der Waals surface area (Å²) < 4.78 is 4.55. The van der Waals surface area contributed by atoms with Gasteiger partial charge in [0.15, 0.2) is 0 Å². The van der Waals surface area contributed by atoms with E-state index in [1.165, 1.54) is 33.4 Å². The van der Waals surface area contributed by atoms with Gasteiger partial charge >= 0.3 is 0 Å². The molecule has 0 saturated carbocycles. The molecule has 4 heteroatoms. The van der Waals surface area contributed by atoms with E-state index in [-0.39, 0.29) is 5.41 Å². The maximum absolute atomic E-state index is 5.32. The number of rotatable bonds is 6. The molecular formula is C53H38N4. The van der Waals surface area contributed by atoms with Crippen LogP contribution in [0.15, 0.2) is 194 Å². The van der Waals surface area contributed by atoms with E-state index in [0.717, 1.165) is 67.3 Å². The van der Waals surface area contributed by atoms with Gasteiger partial charge in [0.1, 0.15) is 11.6 Å². The number of hydrogen-bond acceptors (Lipinski definition) is 2. The number of nitrogens with zero attached hydrogens (tertiary/aromatic N) is 4. The standard InChI is InChI=1S/C53H38N4/c1-53(2)45-23-10-9-22-43(45)44-29-28-37(34-46(44)53)35-16-15-17-36(30-35)38-31-39(51-54-47-24-11-13-26-49(47)56(51)41-18-5-3-6-19-41)33-40(32-38)52-55-48-25-12-14-27-50(48)57(52)42-20-7-4-8-21-42/h3-34H,1-2H3. The van der Waals surface area contributed by atoms with Crippen molar-refractivity contribution in [2.45, 2.75) is 19.3 Å². The van der Waals surface area contributed by atoms with Gasteiger partial charge in [0.25, 0.3) is 0 Å². The molecule has 57 heavy (non-hydrogen) atoms. The van der Waals surface area contributed by atoms with Crippen molar-refractivity contribution in [3.63, 3.8) is 0 Å². The molecule has 1 aliphatic carbocycles. The minimum absolute atomic E-state index is 0.0722. The van der Waals surface area contributed by atoms with Crippen LogP contribution in [0.5, 0.6) is 0 Å². The normalized spacial score (nSPS) is 12.9. The Morgan fingerprint density at radius 2 is 0.807 bits per heavy atom.